The van der Waals surface area contributed by atoms with E-state index in [4.69, 9.17) is 5.10 Å². The molecule has 0 aliphatic heterocycles. The van der Waals surface area contributed by atoms with Crippen LogP contribution in [-0.4, -0.2) is 20.0 Å². The Morgan fingerprint density at radius 1 is 0.769 bits per heavy atom. The van der Waals surface area contributed by atoms with E-state index in [1.54, 1.807) is 0 Å². The Hall–Kier alpha value is -3.27. The molecule has 0 N–H and O–H groups in total. The molecule has 0 aliphatic carbocycles. The van der Waals surface area contributed by atoms with Crippen molar-refractivity contribution >= 4 is 0 Å². The van der Waals surface area contributed by atoms with Crippen LogP contribution < -0.4 is 0 Å². The van der Waals surface area contributed by atoms with Crippen LogP contribution in [0.2, 0.25) is 0 Å². The topological polar surface area (TPSA) is 43.6 Å². The van der Waals surface area contributed by atoms with Crippen LogP contribution >= 0.6 is 0 Å². The van der Waals surface area contributed by atoms with E-state index in [0.717, 1.165) is 41.2 Å². The largest absolute Gasteiger partial charge is 0.272 e. The van der Waals surface area contributed by atoms with Gasteiger partial charge in [-0.3, -0.25) is 4.68 Å². The first-order valence-electron chi connectivity index (χ1n) is 8.76. The minimum absolute atomic E-state index is 0.868. The molecule has 0 bridgehead atoms. The Labute approximate surface area is 153 Å². The second kappa shape index (κ2) is 7.31. The normalized spacial score (nSPS) is 10.8. The fraction of sp³-hybridized carbons (Fsp3) is 0.136. The summed E-state index contributed by atoms with van der Waals surface area (Å²) in [5.74, 6) is 0. The quantitative estimate of drug-likeness (QED) is 0.535. The SMILES string of the molecule is Cc1ccc(-c2cccc(-c3ccn(CCc4ccccc4)n3)c2)nn1. The number of aryl methyl sites for hydroxylation is 3. The van der Waals surface area contributed by atoms with Crippen LogP contribution in [0.25, 0.3) is 22.5 Å². The molecule has 0 aliphatic rings. The highest BCUT2D eigenvalue weighted by Gasteiger charge is 2.06. The molecule has 2 aromatic heterocycles. The molecule has 0 spiro atoms. The molecule has 4 aromatic rings. The van der Waals surface area contributed by atoms with Crippen molar-refractivity contribution < 1.29 is 0 Å². The summed E-state index contributed by atoms with van der Waals surface area (Å²) in [5, 5.41) is 13.1. The van der Waals surface area contributed by atoms with E-state index >= 15 is 0 Å². The van der Waals surface area contributed by atoms with Crippen molar-refractivity contribution in [1.29, 1.82) is 0 Å². The lowest BCUT2D eigenvalue weighted by atomic mass is 10.1. The van der Waals surface area contributed by atoms with Gasteiger partial charge in [0.2, 0.25) is 0 Å². The number of hydrogen-bond acceptors (Lipinski definition) is 3. The van der Waals surface area contributed by atoms with Crippen LogP contribution in [0.5, 0.6) is 0 Å². The monoisotopic (exact) mass is 340 g/mol. The zero-order valence-corrected chi connectivity index (χ0v) is 14.7. The molecule has 2 heterocycles. The van der Waals surface area contributed by atoms with Crippen molar-refractivity contribution in [2.45, 2.75) is 19.9 Å². The molecule has 2 aromatic carbocycles. The molecule has 4 nitrogen and oxygen atoms in total. The lowest BCUT2D eigenvalue weighted by molar-refractivity contribution is 0.617. The third-order valence-corrected chi connectivity index (χ3v) is 4.37. The lowest BCUT2D eigenvalue weighted by Gasteiger charge is -2.04. The molecule has 0 unspecified atom stereocenters. The van der Waals surface area contributed by atoms with Gasteiger partial charge in [-0.15, -0.1) is 0 Å². The number of aromatic nitrogens is 4. The molecule has 26 heavy (non-hydrogen) atoms. The number of rotatable bonds is 5. The summed E-state index contributed by atoms with van der Waals surface area (Å²) in [6.45, 7) is 2.81. The van der Waals surface area contributed by atoms with E-state index in [0.29, 0.717) is 0 Å². The molecule has 4 rings (SSSR count). The van der Waals surface area contributed by atoms with Crippen LogP contribution in [0.4, 0.5) is 0 Å². The van der Waals surface area contributed by atoms with E-state index in [1.807, 2.05) is 42.1 Å². The smallest absolute Gasteiger partial charge is 0.0930 e. The third-order valence-electron chi connectivity index (χ3n) is 4.37. The Morgan fingerprint density at radius 3 is 2.35 bits per heavy atom. The summed E-state index contributed by atoms with van der Waals surface area (Å²) in [4.78, 5) is 0. The number of hydrogen-bond donors (Lipinski definition) is 0. The highest BCUT2D eigenvalue weighted by Crippen LogP contribution is 2.24. The molecule has 0 amide bonds. The van der Waals surface area contributed by atoms with Gasteiger partial charge in [-0.1, -0.05) is 48.5 Å². The van der Waals surface area contributed by atoms with Gasteiger partial charge in [-0.05, 0) is 43.2 Å². The molecule has 0 fully saturated rings. The first kappa shape index (κ1) is 16.2. The molecule has 0 radical (unpaired) electrons. The maximum Gasteiger partial charge on any atom is 0.0930 e. The van der Waals surface area contributed by atoms with Gasteiger partial charge in [0.15, 0.2) is 0 Å². The van der Waals surface area contributed by atoms with E-state index in [9.17, 15) is 0 Å². The van der Waals surface area contributed by atoms with E-state index in [-0.39, 0.29) is 0 Å². The predicted octanol–water partition coefficient (Wildman–Crippen LogP) is 4.56. The average Bonchev–Trinajstić information content (AvgIpc) is 3.17. The zero-order chi connectivity index (χ0) is 17.8. The Morgan fingerprint density at radius 2 is 1.58 bits per heavy atom. The zero-order valence-electron chi connectivity index (χ0n) is 14.7. The maximum atomic E-state index is 4.73. The molecule has 4 heteroatoms. The Balaban J connectivity index is 1.52. The molecule has 0 atom stereocenters. The Bertz CT molecular complexity index is 988. The van der Waals surface area contributed by atoms with Gasteiger partial charge >= 0.3 is 0 Å². The van der Waals surface area contributed by atoms with E-state index < -0.39 is 0 Å². The number of nitrogens with zero attached hydrogens (tertiary/aromatic N) is 4. The minimum atomic E-state index is 0.868. The highest BCUT2D eigenvalue weighted by molar-refractivity contribution is 5.69. The fourth-order valence-corrected chi connectivity index (χ4v) is 2.92. The van der Waals surface area contributed by atoms with Crippen LogP contribution in [0.15, 0.2) is 79.0 Å². The second-order valence-corrected chi connectivity index (χ2v) is 6.34. The molecular weight excluding hydrogens is 320 g/mol. The first-order chi connectivity index (χ1) is 12.8. The summed E-state index contributed by atoms with van der Waals surface area (Å²) in [6, 6.07) is 24.8. The first-order valence-corrected chi connectivity index (χ1v) is 8.76. The van der Waals surface area contributed by atoms with Crippen molar-refractivity contribution in [1.82, 2.24) is 20.0 Å². The van der Waals surface area contributed by atoms with Crippen molar-refractivity contribution in [3.8, 4) is 22.5 Å². The Kier molecular flexibility index (Phi) is 4.56. The number of benzene rings is 2. The fourth-order valence-electron chi connectivity index (χ4n) is 2.92. The maximum absolute atomic E-state index is 4.73. The second-order valence-electron chi connectivity index (χ2n) is 6.34. The molecule has 0 saturated carbocycles. The minimum Gasteiger partial charge on any atom is -0.272 e. The van der Waals surface area contributed by atoms with Gasteiger partial charge in [-0.2, -0.15) is 15.3 Å². The molecular formula is C22H20N4. The van der Waals surface area contributed by atoms with E-state index in [1.165, 1.54) is 5.56 Å². The molecule has 0 saturated heterocycles. The van der Waals surface area contributed by atoms with Gasteiger partial charge in [-0.25, -0.2) is 0 Å². The standard InChI is InChI=1S/C22H20N4/c1-17-10-11-21(24-23-17)19-8-5-9-20(16-19)22-13-15-26(25-22)14-12-18-6-3-2-4-7-18/h2-11,13,15-16H,12,14H2,1H3. The summed E-state index contributed by atoms with van der Waals surface area (Å²) in [6.07, 6.45) is 3.01. The summed E-state index contributed by atoms with van der Waals surface area (Å²) in [5.41, 5.74) is 6.23. The summed E-state index contributed by atoms with van der Waals surface area (Å²) < 4.78 is 2.00. The van der Waals surface area contributed by atoms with Crippen molar-refractivity contribution in [2.75, 3.05) is 0 Å². The average molecular weight is 340 g/mol. The van der Waals surface area contributed by atoms with Gasteiger partial charge in [0.25, 0.3) is 0 Å². The lowest BCUT2D eigenvalue weighted by Crippen LogP contribution is -2.02. The van der Waals surface area contributed by atoms with Crippen LogP contribution in [0, 0.1) is 6.92 Å². The van der Waals surface area contributed by atoms with Crippen LogP contribution in [0.3, 0.4) is 0 Å². The third kappa shape index (κ3) is 3.70. The van der Waals surface area contributed by atoms with Crippen LogP contribution in [0.1, 0.15) is 11.3 Å². The van der Waals surface area contributed by atoms with E-state index in [2.05, 4.69) is 58.7 Å². The van der Waals surface area contributed by atoms with Crippen LogP contribution in [-0.2, 0) is 13.0 Å². The summed E-state index contributed by atoms with van der Waals surface area (Å²) >= 11 is 0. The predicted molar refractivity (Wildman–Crippen MR) is 104 cm³/mol. The van der Waals surface area contributed by atoms with Crippen molar-refractivity contribution in [3.63, 3.8) is 0 Å². The molecule has 128 valence electrons. The summed E-state index contributed by atoms with van der Waals surface area (Å²) in [7, 11) is 0. The highest BCUT2D eigenvalue weighted by atomic mass is 15.3. The van der Waals surface area contributed by atoms with Gasteiger partial charge in [0, 0.05) is 23.9 Å². The van der Waals surface area contributed by atoms with Crippen molar-refractivity contribution in [2.24, 2.45) is 0 Å². The van der Waals surface area contributed by atoms with Crippen molar-refractivity contribution in [3.05, 3.63) is 90.3 Å². The van der Waals surface area contributed by atoms with Gasteiger partial charge in [0.05, 0.1) is 17.1 Å². The van der Waals surface area contributed by atoms with Gasteiger partial charge in [0.1, 0.15) is 0 Å². The van der Waals surface area contributed by atoms with Gasteiger partial charge < -0.3 is 0 Å².